The minimum atomic E-state index is -0.949. The summed E-state index contributed by atoms with van der Waals surface area (Å²) in [7, 11) is 0. The van der Waals surface area contributed by atoms with Gasteiger partial charge < -0.3 is 19.1 Å². The average Bonchev–Trinajstić information content (AvgIpc) is 3.33. The molecule has 0 saturated heterocycles. The van der Waals surface area contributed by atoms with Gasteiger partial charge in [-0.3, -0.25) is 9.59 Å². The van der Waals surface area contributed by atoms with Gasteiger partial charge in [0, 0.05) is 18.9 Å². The van der Waals surface area contributed by atoms with E-state index in [4.69, 9.17) is 14.2 Å². The Bertz CT molecular complexity index is 1320. The van der Waals surface area contributed by atoms with Crippen LogP contribution < -0.4 is 0 Å². The van der Waals surface area contributed by atoms with Crippen molar-refractivity contribution in [3.63, 3.8) is 0 Å². The summed E-state index contributed by atoms with van der Waals surface area (Å²) in [6.45, 7) is 6.29. The number of allylic oxidation sites excluding steroid dienone is 14. The summed E-state index contributed by atoms with van der Waals surface area (Å²) >= 11 is 0. The normalized spacial score (nSPS) is 12.5. The summed E-state index contributed by atoms with van der Waals surface area (Å²) < 4.78 is 16.5. The zero-order valence-corrected chi connectivity index (χ0v) is 43.0. The van der Waals surface area contributed by atoms with Gasteiger partial charge in [-0.2, -0.15) is 0 Å². The number of unbranched alkanes of at least 4 members (excludes halogenated alkanes) is 25. The Morgan fingerprint density at radius 1 is 0.418 bits per heavy atom. The fourth-order valence-corrected chi connectivity index (χ4v) is 7.23. The van der Waals surface area contributed by atoms with Gasteiger partial charge in [0.2, 0.25) is 0 Å². The highest BCUT2D eigenvalue weighted by Gasteiger charge is 2.18. The zero-order valence-electron chi connectivity index (χ0n) is 43.0. The highest BCUT2D eigenvalue weighted by molar-refractivity contribution is 5.82. The van der Waals surface area contributed by atoms with Crippen LogP contribution in [0.25, 0.3) is 0 Å². The number of hydrogen-bond acceptors (Lipinski definition) is 8. The number of ether oxygens (including phenoxy) is 3. The van der Waals surface area contributed by atoms with Crippen LogP contribution >= 0.6 is 0 Å². The van der Waals surface area contributed by atoms with Crippen LogP contribution in [0.15, 0.2) is 96.9 Å². The molecule has 0 unspecified atom stereocenters. The van der Waals surface area contributed by atoms with Crippen molar-refractivity contribution in [2.75, 3.05) is 13.2 Å². The number of esters is 3. The van der Waals surface area contributed by atoms with Crippen molar-refractivity contribution in [1.29, 1.82) is 0 Å². The van der Waals surface area contributed by atoms with Gasteiger partial charge in [-0.1, -0.05) is 209 Å². The van der Waals surface area contributed by atoms with Crippen LogP contribution in [-0.2, 0) is 33.5 Å². The summed E-state index contributed by atoms with van der Waals surface area (Å²) in [6.07, 6.45) is 65.6. The van der Waals surface area contributed by atoms with Crippen molar-refractivity contribution in [2.24, 2.45) is 0 Å². The summed E-state index contributed by atoms with van der Waals surface area (Å²) in [5.74, 6) is -1.20. The molecule has 0 rings (SSSR count). The first-order valence-electron chi connectivity index (χ1n) is 27.1. The van der Waals surface area contributed by atoms with E-state index in [1.807, 2.05) is 6.08 Å². The van der Waals surface area contributed by atoms with E-state index in [-0.39, 0.29) is 43.8 Å². The summed E-state index contributed by atoms with van der Waals surface area (Å²) in [5.41, 5.74) is 0. The highest BCUT2D eigenvalue weighted by atomic mass is 17.1. The Kier molecular flexibility index (Phi) is 50.0. The van der Waals surface area contributed by atoms with Gasteiger partial charge in [-0.25, -0.2) is 10.1 Å². The second kappa shape index (κ2) is 53.1. The van der Waals surface area contributed by atoms with E-state index in [0.29, 0.717) is 0 Å². The molecule has 0 aromatic heterocycles. The molecule has 0 heterocycles. The van der Waals surface area contributed by atoms with Crippen LogP contribution in [0, 0.1) is 0 Å². The van der Waals surface area contributed by atoms with Crippen LogP contribution in [0.5, 0.6) is 0 Å². The molecule has 0 saturated carbocycles. The molecule has 0 aliphatic heterocycles. The van der Waals surface area contributed by atoms with Crippen LogP contribution in [-0.4, -0.2) is 42.5 Å². The Balaban J connectivity index is 4.78. The molecular weight excluding hydrogens is 837 g/mol. The zero-order chi connectivity index (χ0) is 48.8. The van der Waals surface area contributed by atoms with Crippen LogP contribution in [0.1, 0.15) is 239 Å². The van der Waals surface area contributed by atoms with Crippen molar-refractivity contribution in [2.45, 2.75) is 245 Å². The third-order valence-corrected chi connectivity index (χ3v) is 11.4. The lowest BCUT2D eigenvalue weighted by atomic mass is 10.1. The summed E-state index contributed by atoms with van der Waals surface area (Å²) in [4.78, 5) is 42.5. The van der Waals surface area contributed by atoms with E-state index in [2.05, 4.69) is 80.3 Å². The molecule has 0 bridgehead atoms. The number of rotatable bonds is 48. The number of hydrogen-bond donors (Lipinski definition) is 1. The molecule has 8 heteroatoms. The Hall–Kier alpha value is -3.91. The molecule has 0 aromatic rings. The average molecular weight is 935 g/mol. The molecule has 1 N–H and O–H groups in total. The molecule has 0 aromatic carbocycles. The minimum Gasteiger partial charge on any atom is -0.462 e. The molecule has 8 nitrogen and oxygen atoms in total. The molecule has 0 amide bonds. The van der Waals surface area contributed by atoms with Crippen molar-refractivity contribution in [3.8, 4) is 0 Å². The van der Waals surface area contributed by atoms with Gasteiger partial charge >= 0.3 is 17.9 Å². The molecular formula is C59H98O8. The van der Waals surface area contributed by atoms with Crippen LogP contribution in [0.2, 0.25) is 0 Å². The largest absolute Gasteiger partial charge is 0.462 e. The van der Waals surface area contributed by atoms with Crippen LogP contribution in [0.3, 0.4) is 0 Å². The van der Waals surface area contributed by atoms with Gasteiger partial charge in [0.1, 0.15) is 13.2 Å². The SMILES string of the molecule is CCCCC/C=C\C/C=C\CCCCCCCC(=O)OCC(COC(=O)CCCCCCC/C=C\C/C=C\CCCCC)OC(=O)C=CC=CC(=CC=CCCCCCCCCCCC)OO. The van der Waals surface area contributed by atoms with Gasteiger partial charge in [0.05, 0.1) is 0 Å². The number of carbonyl (C=O) groups is 3. The number of carbonyl (C=O) groups excluding carboxylic acids is 3. The lowest BCUT2D eigenvalue weighted by Gasteiger charge is -2.17. The maximum Gasteiger partial charge on any atom is 0.331 e. The Morgan fingerprint density at radius 2 is 0.776 bits per heavy atom. The molecule has 0 atom stereocenters. The predicted octanol–water partition coefficient (Wildman–Crippen LogP) is 17.6. The van der Waals surface area contributed by atoms with Crippen molar-refractivity contribution in [3.05, 3.63) is 96.9 Å². The first-order valence-corrected chi connectivity index (χ1v) is 27.1. The van der Waals surface area contributed by atoms with Crippen molar-refractivity contribution >= 4 is 17.9 Å². The fraction of sp³-hybridized carbons (Fsp3) is 0.678. The van der Waals surface area contributed by atoms with Gasteiger partial charge in [-0.15, -0.1) is 0 Å². The molecule has 0 radical (unpaired) electrons. The second-order valence-corrected chi connectivity index (χ2v) is 17.8. The van der Waals surface area contributed by atoms with Crippen LogP contribution in [0.4, 0.5) is 0 Å². The summed E-state index contributed by atoms with van der Waals surface area (Å²) in [5, 5.41) is 9.31. The van der Waals surface area contributed by atoms with E-state index < -0.39 is 12.1 Å². The smallest absolute Gasteiger partial charge is 0.331 e. The Labute approximate surface area is 410 Å². The van der Waals surface area contributed by atoms with E-state index in [1.165, 1.54) is 121 Å². The lowest BCUT2D eigenvalue weighted by molar-refractivity contribution is -0.198. The molecule has 0 fully saturated rings. The lowest BCUT2D eigenvalue weighted by Crippen LogP contribution is -2.30. The Morgan fingerprint density at radius 3 is 1.21 bits per heavy atom. The van der Waals surface area contributed by atoms with Gasteiger partial charge in [-0.05, 0) is 102 Å². The molecule has 67 heavy (non-hydrogen) atoms. The standard InChI is InChI=1S/C59H98O8/c1-4-7-10-13-16-19-22-25-27-29-32-35-38-41-44-50-57(60)64-53-56(54-65-58(61)51-45-42-39-36-33-30-28-26-23-20-17-14-11-8-5-2)66-59(62)52-47-46-49-55(67-63)48-43-40-37-34-31-24-21-18-15-12-9-6-3/h16-17,19-20,25-28,40,43,46-49,52,56,63H,4-15,18,21-24,29-39,41-42,44-45,50-51,53-54H2,1-3H3/b19-16-,20-17-,27-25-,28-26-,43-40?,49-46?,52-47?,55-48?. The predicted molar refractivity (Wildman–Crippen MR) is 282 cm³/mol. The molecule has 0 aliphatic carbocycles. The van der Waals surface area contributed by atoms with E-state index in [9.17, 15) is 19.6 Å². The van der Waals surface area contributed by atoms with E-state index in [0.717, 1.165) is 103 Å². The maximum absolute atomic E-state index is 12.8. The molecule has 0 aliphatic rings. The summed E-state index contributed by atoms with van der Waals surface area (Å²) in [6, 6.07) is 0. The quantitative estimate of drug-likeness (QED) is 0.00740. The fourth-order valence-electron chi connectivity index (χ4n) is 7.23. The first kappa shape index (κ1) is 63.1. The topological polar surface area (TPSA) is 108 Å². The van der Waals surface area contributed by atoms with Crippen molar-refractivity contribution < 1.29 is 38.7 Å². The van der Waals surface area contributed by atoms with Crippen molar-refractivity contribution in [1.82, 2.24) is 0 Å². The van der Waals surface area contributed by atoms with Gasteiger partial charge in [0.15, 0.2) is 11.9 Å². The third kappa shape index (κ3) is 49.8. The van der Waals surface area contributed by atoms with E-state index >= 15 is 0 Å². The van der Waals surface area contributed by atoms with Gasteiger partial charge in [0.25, 0.3) is 0 Å². The van der Waals surface area contributed by atoms with E-state index in [1.54, 1.807) is 12.2 Å². The maximum atomic E-state index is 12.8. The third-order valence-electron chi connectivity index (χ3n) is 11.4. The molecule has 382 valence electrons. The highest BCUT2D eigenvalue weighted by Crippen LogP contribution is 2.13. The monoisotopic (exact) mass is 935 g/mol. The second-order valence-electron chi connectivity index (χ2n) is 17.8. The minimum absolute atomic E-state index is 0.206. The first-order chi connectivity index (χ1) is 33.0. The molecule has 0 spiro atoms.